The molecular formula is C12H18O5S. The third-order valence-corrected chi connectivity index (χ3v) is 2.98. The molecule has 0 aromatic heterocycles. The largest absolute Gasteiger partial charge is 0.466 e. The normalized spacial score (nSPS) is 10.2. The summed E-state index contributed by atoms with van der Waals surface area (Å²) in [7, 11) is -4.03. The number of esters is 1. The monoisotopic (exact) mass is 274 g/mol. The average molecular weight is 274 g/mol. The lowest BCUT2D eigenvalue weighted by atomic mass is 10.2. The SMILES string of the molecule is CCOC(=O)CC.Cc1ccccc1S(=O)(=O)O. The van der Waals surface area contributed by atoms with Crippen molar-refractivity contribution in [2.24, 2.45) is 0 Å². The van der Waals surface area contributed by atoms with E-state index in [2.05, 4.69) is 4.74 Å². The van der Waals surface area contributed by atoms with Crippen LogP contribution in [0.5, 0.6) is 0 Å². The van der Waals surface area contributed by atoms with Crippen molar-refractivity contribution in [3.05, 3.63) is 29.8 Å². The highest BCUT2D eigenvalue weighted by Gasteiger charge is 2.10. The van der Waals surface area contributed by atoms with Crippen LogP contribution < -0.4 is 0 Å². The average Bonchev–Trinajstić information content (AvgIpc) is 2.29. The molecule has 18 heavy (non-hydrogen) atoms. The first kappa shape index (κ1) is 16.6. The summed E-state index contributed by atoms with van der Waals surface area (Å²) < 4.78 is 34.4. The summed E-state index contributed by atoms with van der Waals surface area (Å²) in [6, 6.07) is 6.27. The zero-order chi connectivity index (χ0) is 14.2. The molecule has 1 aromatic carbocycles. The smallest absolute Gasteiger partial charge is 0.305 e. The van der Waals surface area contributed by atoms with Crippen molar-refractivity contribution in [1.29, 1.82) is 0 Å². The minimum absolute atomic E-state index is 0.0278. The molecule has 0 saturated carbocycles. The number of carbonyl (C=O) groups is 1. The number of rotatable bonds is 3. The summed E-state index contributed by atoms with van der Waals surface area (Å²) >= 11 is 0. The third-order valence-electron chi connectivity index (χ3n) is 1.97. The third kappa shape index (κ3) is 6.36. The molecule has 1 N–H and O–H groups in total. The first-order valence-corrected chi connectivity index (χ1v) is 6.95. The van der Waals surface area contributed by atoms with Crippen molar-refractivity contribution in [2.75, 3.05) is 6.61 Å². The lowest BCUT2D eigenvalue weighted by Crippen LogP contribution is -2.00. The topological polar surface area (TPSA) is 80.7 Å². The van der Waals surface area contributed by atoms with Crippen LogP contribution in [0.15, 0.2) is 29.2 Å². The maximum atomic E-state index is 10.6. The predicted molar refractivity (Wildman–Crippen MR) is 67.9 cm³/mol. The molecule has 102 valence electrons. The molecule has 6 heteroatoms. The number of ether oxygens (including phenoxy) is 1. The zero-order valence-electron chi connectivity index (χ0n) is 10.7. The molecule has 1 aromatic rings. The fraction of sp³-hybridized carbons (Fsp3) is 0.417. The van der Waals surface area contributed by atoms with Crippen molar-refractivity contribution in [2.45, 2.75) is 32.1 Å². The maximum absolute atomic E-state index is 10.6. The molecule has 0 heterocycles. The van der Waals surface area contributed by atoms with Crippen molar-refractivity contribution in [3.8, 4) is 0 Å². The van der Waals surface area contributed by atoms with Crippen molar-refractivity contribution in [1.82, 2.24) is 0 Å². The van der Waals surface area contributed by atoms with Crippen LogP contribution in [0.25, 0.3) is 0 Å². The second-order valence-electron chi connectivity index (χ2n) is 3.40. The Balaban J connectivity index is 0.000000360. The van der Waals surface area contributed by atoms with E-state index in [0.29, 0.717) is 18.6 Å². The molecular weight excluding hydrogens is 256 g/mol. The molecule has 1 rings (SSSR count). The van der Waals surface area contributed by atoms with E-state index in [4.69, 9.17) is 4.55 Å². The van der Waals surface area contributed by atoms with Gasteiger partial charge in [0.25, 0.3) is 10.1 Å². The van der Waals surface area contributed by atoms with E-state index >= 15 is 0 Å². The van der Waals surface area contributed by atoms with E-state index in [1.807, 2.05) is 0 Å². The molecule has 0 aliphatic carbocycles. The Kier molecular flexibility index (Phi) is 7.23. The highest BCUT2D eigenvalue weighted by atomic mass is 32.2. The van der Waals surface area contributed by atoms with Crippen LogP contribution in [0.4, 0.5) is 0 Å². The molecule has 0 atom stereocenters. The quantitative estimate of drug-likeness (QED) is 0.675. The standard InChI is InChI=1S/C7H8O3S.C5H10O2/c1-6-4-2-3-5-7(6)11(8,9)10;1-3-5(6)7-4-2/h2-5H,1H3,(H,8,9,10);3-4H2,1-2H3. The van der Waals surface area contributed by atoms with Gasteiger partial charge >= 0.3 is 5.97 Å². The highest BCUT2D eigenvalue weighted by Crippen LogP contribution is 2.12. The summed E-state index contributed by atoms with van der Waals surface area (Å²) in [6.45, 7) is 5.70. The molecule has 0 aliphatic rings. The van der Waals surface area contributed by atoms with Crippen molar-refractivity contribution < 1.29 is 22.5 Å². The second-order valence-corrected chi connectivity index (χ2v) is 4.79. The summed E-state index contributed by atoms with van der Waals surface area (Å²) in [5, 5.41) is 0. The summed E-state index contributed by atoms with van der Waals surface area (Å²) in [4.78, 5) is 10.2. The van der Waals surface area contributed by atoms with Gasteiger partial charge in [-0.25, -0.2) is 0 Å². The molecule has 0 saturated heterocycles. The Morgan fingerprint density at radius 1 is 1.28 bits per heavy atom. The minimum Gasteiger partial charge on any atom is -0.466 e. The van der Waals surface area contributed by atoms with Gasteiger partial charge in [0.15, 0.2) is 0 Å². The van der Waals surface area contributed by atoms with E-state index < -0.39 is 10.1 Å². The van der Waals surface area contributed by atoms with E-state index in [-0.39, 0.29) is 10.9 Å². The molecule has 0 radical (unpaired) electrons. The van der Waals surface area contributed by atoms with Crippen LogP contribution in [0, 0.1) is 6.92 Å². The van der Waals surface area contributed by atoms with Crippen LogP contribution >= 0.6 is 0 Å². The van der Waals surface area contributed by atoms with Crippen LogP contribution in [0.3, 0.4) is 0 Å². The van der Waals surface area contributed by atoms with Crippen LogP contribution in [0.2, 0.25) is 0 Å². The van der Waals surface area contributed by atoms with Crippen LogP contribution in [-0.2, 0) is 19.6 Å². The van der Waals surface area contributed by atoms with E-state index in [1.165, 1.54) is 6.07 Å². The molecule has 0 bridgehead atoms. The minimum atomic E-state index is -4.03. The first-order valence-electron chi connectivity index (χ1n) is 5.51. The predicted octanol–water partition coefficient (Wildman–Crippen LogP) is 2.20. The lowest BCUT2D eigenvalue weighted by molar-refractivity contribution is -0.142. The van der Waals surface area contributed by atoms with Crippen molar-refractivity contribution in [3.63, 3.8) is 0 Å². The van der Waals surface area contributed by atoms with Gasteiger partial charge in [0.2, 0.25) is 0 Å². The van der Waals surface area contributed by atoms with Crippen LogP contribution in [-0.4, -0.2) is 25.5 Å². The van der Waals surface area contributed by atoms with Gasteiger partial charge in [0, 0.05) is 6.42 Å². The highest BCUT2D eigenvalue weighted by molar-refractivity contribution is 7.85. The Labute approximate surface area is 108 Å². The Morgan fingerprint density at radius 2 is 1.83 bits per heavy atom. The molecule has 5 nitrogen and oxygen atoms in total. The number of hydrogen-bond acceptors (Lipinski definition) is 4. The Morgan fingerprint density at radius 3 is 2.11 bits per heavy atom. The lowest BCUT2D eigenvalue weighted by Gasteiger charge is -1.99. The van der Waals surface area contributed by atoms with Gasteiger partial charge in [-0.15, -0.1) is 0 Å². The Hall–Kier alpha value is -1.40. The second kappa shape index (κ2) is 7.84. The van der Waals surface area contributed by atoms with Crippen LogP contribution in [0.1, 0.15) is 25.8 Å². The molecule has 0 fully saturated rings. The number of aryl methyl sites for hydroxylation is 1. The van der Waals surface area contributed by atoms with Gasteiger partial charge in [0.05, 0.1) is 11.5 Å². The summed E-state index contributed by atoms with van der Waals surface area (Å²) in [6.07, 6.45) is 0.480. The molecule has 0 unspecified atom stereocenters. The van der Waals surface area contributed by atoms with E-state index in [0.717, 1.165) is 0 Å². The van der Waals surface area contributed by atoms with Gasteiger partial charge in [-0.2, -0.15) is 8.42 Å². The first-order chi connectivity index (χ1) is 8.32. The fourth-order valence-corrected chi connectivity index (χ4v) is 1.83. The van der Waals surface area contributed by atoms with E-state index in [9.17, 15) is 13.2 Å². The molecule has 0 aliphatic heterocycles. The molecule has 0 spiro atoms. The van der Waals surface area contributed by atoms with E-state index in [1.54, 1.807) is 39.0 Å². The number of hydrogen-bond donors (Lipinski definition) is 1. The maximum Gasteiger partial charge on any atom is 0.305 e. The number of benzene rings is 1. The van der Waals surface area contributed by atoms with Crippen molar-refractivity contribution >= 4 is 16.1 Å². The molecule has 0 amide bonds. The number of carbonyl (C=O) groups excluding carboxylic acids is 1. The fourth-order valence-electron chi connectivity index (χ4n) is 1.11. The zero-order valence-corrected chi connectivity index (χ0v) is 11.5. The van der Waals surface area contributed by atoms with Gasteiger partial charge in [-0.3, -0.25) is 9.35 Å². The Bertz CT molecular complexity index is 479. The summed E-state index contributed by atoms with van der Waals surface area (Å²) in [5.41, 5.74) is 0.551. The van der Waals surface area contributed by atoms with Gasteiger partial charge in [-0.05, 0) is 25.5 Å². The van der Waals surface area contributed by atoms with Gasteiger partial charge in [-0.1, -0.05) is 25.1 Å². The summed E-state index contributed by atoms with van der Waals surface area (Å²) in [5.74, 6) is -0.123. The van der Waals surface area contributed by atoms with Gasteiger partial charge in [0.1, 0.15) is 0 Å². The van der Waals surface area contributed by atoms with Gasteiger partial charge < -0.3 is 4.74 Å².